The van der Waals surface area contributed by atoms with Crippen molar-refractivity contribution in [1.82, 2.24) is 0 Å². The van der Waals surface area contributed by atoms with E-state index in [-0.39, 0.29) is 0 Å². The van der Waals surface area contributed by atoms with Crippen molar-refractivity contribution in [2.75, 3.05) is 0 Å². The van der Waals surface area contributed by atoms with E-state index in [0.717, 1.165) is 42.4 Å². The van der Waals surface area contributed by atoms with Gasteiger partial charge in [-0.15, -0.1) is 6.58 Å². The van der Waals surface area contributed by atoms with E-state index in [1.807, 2.05) is 6.08 Å². The van der Waals surface area contributed by atoms with Gasteiger partial charge in [0.25, 0.3) is 0 Å². The molecule has 0 heteroatoms. The minimum absolute atomic E-state index is 0.404. The maximum atomic E-state index is 3.65. The summed E-state index contributed by atoms with van der Waals surface area (Å²) in [4.78, 5) is 0. The van der Waals surface area contributed by atoms with Gasteiger partial charge in [-0.1, -0.05) is 392 Å². The minimum Gasteiger partial charge on any atom is -0.103 e. The summed E-state index contributed by atoms with van der Waals surface area (Å²) in [6.45, 7) is 102. The molecule has 0 N–H and O–H groups in total. The van der Waals surface area contributed by atoms with Crippen molar-refractivity contribution in [2.45, 2.75) is 400 Å². The highest BCUT2D eigenvalue weighted by molar-refractivity contribution is 5.15. The average molecular weight is 1180 g/mol. The largest absolute Gasteiger partial charge is 0.103 e. The quantitative estimate of drug-likeness (QED) is 0.258. The van der Waals surface area contributed by atoms with Gasteiger partial charge in [-0.3, -0.25) is 0 Å². The number of hydrogen-bond donors (Lipinski definition) is 0. The van der Waals surface area contributed by atoms with Crippen LogP contribution in [0, 0.1) is 94.6 Å². The molecule has 0 spiro atoms. The van der Waals surface area contributed by atoms with Crippen LogP contribution in [0.15, 0.2) is 43.0 Å². The predicted molar refractivity (Wildman–Crippen MR) is 400 cm³/mol. The SMILES string of the molecule is C=CCC(C)(C)C.CC(C)(C)C(C)(C)C.CC(C)(C)C1CCCC1.CC(C)(C)C1CCCCC1.CC(C)(C)CC(C)(C)C.CC(C)(C)Cc1ccccc1.CC(C)C(C)(C)C.CCC(C)(C)C.CCC(C)C(C)(C)C.CCC(CC)C(C)(C)C. The second kappa shape index (κ2) is 43.6. The molecule has 0 amide bonds. The minimum atomic E-state index is 0.404. The predicted octanol–water partition coefficient (Wildman–Crippen LogP) is 30.9. The number of benzene rings is 1. The molecule has 84 heavy (non-hydrogen) atoms. The first kappa shape index (κ1) is 96.6. The van der Waals surface area contributed by atoms with Crippen LogP contribution in [0.4, 0.5) is 0 Å². The topological polar surface area (TPSA) is 0 Å². The summed E-state index contributed by atoms with van der Waals surface area (Å²) in [6.07, 6.45) is 24.0. The lowest BCUT2D eigenvalue weighted by Crippen LogP contribution is -2.25. The fourth-order valence-corrected chi connectivity index (χ4v) is 9.12. The molecule has 0 heterocycles. The van der Waals surface area contributed by atoms with Gasteiger partial charge in [0.2, 0.25) is 0 Å². The second-order valence-electron chi connectivity index (χ2n) is 40.1. The van der Waals surface area contributed by atoms with Crippen molar-refractivity contribution in [3.8, 4) is 0 Å². The molecule has 0 radical (unpaired) electrons. The van der Waals surface area contributed by atoms with Crippen LogP contribution in [0.2, 0.25) is 0 Å². The van der Waals surface area contributed by atoms with Gasteiger partial charge in [-0.2, -0.15) is 0 Å². The number of hydrogen-bond acceptors (Lipinski definition) is 0. The molecule has 0 aromatic heterocycles. The van der Waals surface area contributed by atoms with Gasteiger partial charge in [-0.25, -0.2) is 0 Å². The summed E-state index contributed by atoms with van der Waals surface area (Å²) in [5, 5.41) is 0. The molecule has 510 valence electrons. The Morgan fingerprint density at radius 1 is 0.393 bits per heavy atom. The van der Waals surface area contributed by atoms with Gasteiger partial charge in [0.15, 0.2) is 0 Å². The first-order valence-corrected chi connectivity index (χ1v) is 35.5. The van der Waals surface area contributed by atoms with Gasteiger partial charge in [-0.05, 0) is 145 Å². The van der Waals surface area contributed by atoms with Crippen LogP contribution >= 0.6 is 0 Å². The van der Waals surface area contributed by atoms with Crippen molar-refractivity contribution >= 4 is 0 Å². The molecule has 0 nitrogen and oxygen atoms in total. The van der Waals surface area contributed by atoms with Crippen LogP contribution < -0.4 is 0 Å². The van der Waals surface area contributed by atoms with Crippen LogP contribution in [0.25, 0.3) is 0 Å². The molecule has 2 fully saturated rings. The van der Waals surface area contributed by atoms with Crippen LogP contribution in [0.5, 0.6) is 0 Å². The van der Waals surface area contributed by atoms with Gasteiger partial charge in [0, 0.05) is 0 Å². The summed E-state index contributed by atoms with van der Waals surface area (Å²) >= 11 is 0. The van der Waals surface area contributed by atoms with Crippen molar-refractivity contribution in [2.24, 2.45) is 94.6 Å². The van der Waals surface area contributed by atoms with E-state index >= 15 is 0 Å². The molecule has 1 aromatic carbocycles. The number of rotatable bonds is 5. The summed E-state index contributed by atoms with van der Waals surface area (Å²) in [5.41, 5.74) is 7.33. The summed E-state index contributed by atoms with van der Waals surface area (Å²) in [5.74, 6) is 4.56. The fourth-order valence-electron chi connectivity index (χ4n) is 9.12. The zero-order chi connectivity index (χ0) is 69.0. The lowest BCUT2D eigenvalue weighted by molar-refractivity contribution is 0.157. The van der Waals surface area contributed by atoms with Crippen molar-refractivity contribution < 1.29 is 0 Å². The Balaban J connectivity index is -0.000000158. The molecule has 1 atom stereocenters. The first-order valence-electron chi connectivity index (χ1n) is 35.5. The number of allylic oxidation sites excluding steroid dienone is 1. The van der Waals surface area contributed by atoms with Gasteiger partial charge < -0.3 is 0 Å². The van der Waals surface area contributed by atoms with Crippen LogP contribution in [0.3, 0.4) is 0 Å². The monoisotopic (exact) mass is 1180 g/mol. The zero-order valence-electron chi connectivity index (χ0n) is 67.9. The summed E-state index contributed by atoms with van der Waals surface area (Å²) in [6, 6.07) is 10.6. The third kappa shape index (κ3) is 71.7. The van der Waals surface area contributed by atoms with Crippen molar-refractivity contribution in [1.29, 1.82) is 0 Å². The molecule has 1 aromatic rings. The molecule has 0 bridgehead atoms. The first-order chi connectivity index (χ1) is 36.8. The normalized spacial score (nSPS) is 15.3. The van der Waals surface area contributed by atoms with E-state index in [1.165, 1.54) is 95.5 Å². The Hall–Kier alpha value is -1.04. The van der Waals surface area contributed by atoms with E-state index in [9.17, 15) is 0 Å². The molecule has 2 saturated carbocycles. The van der Waals surface area contributed by atoms with E-state index in [0.29, 0.717) is 65.0 Å². The molecule has 1 unspecified atom stereocenters. The standard InChI is InChI=1S/C11H16.C10H20.C9H18.2C9H20.2C8H18.C7H16.C7H14.C6H14/c1-11(2,3)9-10-7-5-4-6-8-10;1-10(2,3)9-7-5-4-6-8-9;1-9(2,3)8-6-4-5-7-8;1-8(2,3)7-9(4,5)6;1-6-8(7-2)9(3,4)5;1-7(2,3)8(4,5)6;1-6-7(2)8(3,4)5;1-6(2)7(3,4)5;1-5-6-7(2,3)4;1-5-6(2,3)4/h4-8H,9H2,1-3H3;9H,4-8H2,1-3H3;8H,4-7H2,1-3H3;7H2,1-6H3;8H,6-7H2,1-5H3;1-6H3;7H,6H2,1-5H3;6H,1-5H3;5H,1,6H2,2-4H3;5H2,1-4H3. The molecule has 2 aliphatic rings. The van der Waals surface area contributed by atoms with Gasteiger partial charge in [0.1, 0.15) is 0 Å². The molecular weight excluding hydrogens is 1010 g/mol. The average Bonchev–Trinajstić information content (AvgIpc) is 3.82. The highest BCUT2D eigenvalue weighted by Crippen LogP contribution is 2.40. The lowest BCUT2D eigenvalue weighted by Gasteiger charge is -2.34. The molecule has 2 aliphatic carbocycles. The smallest absolute Gasteiger partial charge is 0.0230 e. The Labute approximate surface area is 540 Å². The van der Waals surface area contributed by atoms with E-state index in [1.54, 1.807) is 0 Å². The van der Waals surface area contributed by atoms with Crippen molar-refractivity contribution in [3.63, 3.8) is 0 Å². The van der Waals surface area contributed by atoms with Crippen LogP contribution in [-0.2, 0) is 6.42 Å². The molecule has 0 aliphatic heterocycles. The highest BCUT2D eigenvalue weighted by atomic mass is 14.3. The lowest BCUT2D eigenvalue weighted by atomic mass is 9.71. The van der Waals surface area contributed by atoms with Gasteiger partial charge >= 0.3 is 0 Å². The second-order valence-corrected chi connectivity index (χ2v) is 40.1. The Bertz CT molecular complexity index is 1540. The maximum Gasteiger partial charge on any atom is -0.0230 e. The van der Waals surface area contributed by atoms with E-state index in [2.05, 4.69) is 335 Å². The molecule has 0 saturated heterocycles. The molecular formula is C84H174. The Morgan fingerprint density at radius 2 is 0.690 bits per heavy atom. The van der Waals surface area contributed by atoms with Gasteiger partial charge in [0.05, 0.1) is 0 Å². The maximum absolute atomic E-state index is 3.65. The highest BCUT2D eigenvalue weighted by Gasteiger charge is 2.29. The third-order valence-electron chi connectivity index (χ3n) is 18.1. The van der Waals surface area contributed by atoms with Crippen molar-refractivity contribution in [3.05, 3.63) is 48.6 Å². The third-order valence-corrected chi connectivity index (χ3v) is 18.1. The summed E-state index contributed by atoms with van der Waals surface area (Å²) < 4.78 is 0. The zero-order valence-corrected chi connectivity index (χ0v) is 67.9. The van der Waals surface area contributed by atoms with E-state index in [4.69, 9.17) is 0 Å². The van der Waals surface area contributed by atoms with E-state index < -0.39 is 0 Å². The fraction of sp³-hybridized carbons (Fsp3) is 0.905. The Morgan fingerprint density at radius 3 is 0.798 bits per heavy atom. The Kier molecular flexibility index (Phi) is 50.2. The summed E-state index contributed by atoms with van der Waals surface area (Å²) in [7, 11) is 0. The molecule has 3 rings (SSSR count). The van der Waals surface area contributed by atoms with Crippen LogP contribution in [0.1, 0.15) is 400 Å². The van der Waals surface area contributed by atoms with Crippen LogP contribution in [-0.4, -0.2) is 0 Å².